The van der Waals surface area contributed by atoms with Crippen LogP contribution in [0.25, 0.3) is 5.69 Å². The lowest BCUT2D eigenvalue weighted by Gasteiger charge is -2.19. The molecule has 1 atom stereocenters. The van der Waals surface area contributed by atoms with Gasteiger partial charge in [-0.3, -0.25) is 14.9 Å². The molecule has 1 fully saturated rings. The molecule has 0 bridgehead atoms. The second-order valence-electron chi connectivity index (χ2n) is 9.86. The van der Waals surface area contributed by atoms with E-state index in [0.29, 0.717) is 37.2 Å². The molecule has 0 saturated carbocycles. The molecule has 0 aliphatic carbocycles. The molecular weight excluding hydrogens is 522 g/mol. The Morgan fingerprint density at radius 1 is 1.15 bits per heavy atom. The van der Waals surface area contributed by atoms with E-state index in [4.69, 9.17) is 4.74 Å². The first-order chi connectivity index (χ1) is 18.4. The molecule has 0 unspecified atom stereocenters. The third kappa shape index (κ3) is 5.66. The highest BCUT2D eigenvalue weighted by atomic mass is 32.2. The first-order valence-electron chi connectivity index (χ1n) is 12.9. The molecule has 4 rings (SSSR count). The number of rotatable bonds is 9. The van der Waals surface area contributed by atoms with E-state index in [1.165, 1.54) is 21.1 Å². The zero-order valence-electron chi connectivity index (χ0n) is 22.7. The summed E-state index contributed by atoms with van der Waals surface area (Å²) in [5.41, 5.74) is 2.63. The molecule has 2 aromatic carbocycles. The Labute approximate surface area is 228 Å². The van der Waals surface area contributed by atoms with E-state index in [9.17, 15) is 23.3 Å². The zero-order valence-corrected chi connectivity index (χ0v) is 23.5. The molecule has 2 heterocycles. The first kappa shape index (κ1) is 28.2. The fraction of sp³-hybridized carbons (Fsp3) is 0.407. The van der Waals surface area contributed by atoms with Crippen molar-refractivity contribution in [1.29, 1.82) is 0 Å². The Morgan fingerprint density at radius 2 is 1.85 bits per heavy atom. The van der Waals surface area contributed by atoms with Gasteiger partial charge in [-0.25, -0.2) is 8.42 Å². The van der Waals surface area contributed by atoms with Gasteiger partial charge in [0.1, 0.15) is 10.6 Å². The summed E-state index contributed by atoms with van der Waals surface area (Å²) in [5.74, 6) is -0.329. The number of nitrogens with zero attached hydrogens (tertiary/aromatic N) is 4. The molecule has 12 heteroatoms. The van der Waals surface area contributed by atoms with Crippen molar-refractivity contribution >= 4 is 21.6 Å². The van der Waals surface area contributed by atoms with E-state index in [-0.39, 0.29) is 39.9 Å². The lowest BCUT2D eigenvalue weighted by Crippen LogP contribution is -2.32. The van der Waals surface area contributed by atoms with Crippen molar-refractivity contribution in [3.63, 3.8) is 0 Å². The molecule has 1 aliphatic rings. The highest BCUT2D eigenvalue weighted by molar-refractivity contribution is 7.89. The second-order valence-corrected chi connectivity index (χ2v) is 11.8. The lowest BCUT2D eigenvalue weighted by atomic mass is 10.1. The minimum absolute atomic E-state index is 0.0843. The summed E-state index contributed by atoms with van der Waals surface area (Å²) in [7, 11) is -4.08. The quantitative estimate of drug-likeness (QED) is 0.295. The van der Waals surface area contributed by atoms with Gasteiger partial charge in [0.05, 0.1) is 10.6 Å². The maximum absolute atomic E-state index is 13.6. The number of hydrogen-bond donors (Lipinski definition) is 1. The lowest BCUT2D eigenvalue weighted by molar-refractivity contribution is -0.385. The average molecular weight is 556 g/mol. The van der Waals surface area contributed by atoms with Crippen LogP contribution in [-0.4, -0.2) is 52.5 Å². The SMILES string of the molecule is CC[C@H](C)NC(=O)c1nn(-c2cc(C)ccc2C)c(Oc2ccc([N+](=O)[O-])cc2S(=O)(=O)N2CCCC2)c1C. The molecule has 1 amide bonds. The Hall–Kier alpha value is -3.77. The number of sulfonamides is 1. The number of nitrogens with one attached hydrogen (secondary N) is 1. The minimum Gasteiger partial charge on any atom is -0.437 e. The number of amides is 1. The van der Waals surface area contributed by atoms with Gasteiger partial charge in [0, 0.05) is 36.8 Å². The van der Waals surface area contributed by atoms with Crippen LogP contribution in [0.3, 0.4) is 0 Å². The standard InChI is InChI=1S/C27H33N5O6S/c1-6-19(4)28-26(33)25-20(5)27(31(29-25)22-15-17(2)9-10-18(22)3)38-23-12-11-21(32(34)35)16-24(23)39(36,37)30-13-7-8-14-30/h9-12,15-16,19H,6-8,13-14H2,1-5H3,(H,28,33)/t19-/m0/s1. The van der Waals surface area contributed by atoms with E-state index in [2.05, 4.69) is 10.4 Å². The van der Waals surface area contributed by atoms with Gasteiger partial charge in [-0.05, 0) is 70.2 Å². The molecule has 39 heavy (non-hydrogen) atoms. The number of benzene rings is 2. The molecule has 0 spiro atoms. The van der Waals surface area contributed by atoms with E-state index in [0.717, 1.165) is 23.6 Å². The number of ether oxygens (including phenoxy) is 1. The molecule has 1 aliphatic heterocycles. The maximum Gasteiger partial charge on any atom is 0.272 e. The minimum atomic E-state index is -4.08. The van der Waals surface area contributed by atoms with Crippen molar-refractivity contribution in [1.82, 2.24) is 19.4 Å². The van der Waals surface area contributed by atoms with Crippen LogP contribution in [-0.2, 0) is 10.0 Å². The van der Waals surface area contributed by atoms with E-state index in [1.54, 1.807) is 6.92 Å². The van der Waals surface area contributed by atoms with Gasteiger partial charge in [0.2, 0.25) is 15.9 Å². The number of carbonyl (C=O) groups is 1. The van der Waals surface area contributed by atoms with Gasteiger partial charge in [-0.2, -0.15) is 14.1 Å². The van der Waals surface area contributed by atoms with Gasteiger partial charge < -0.3 is 10.1 Å². The zero-order chi connectivity index (χ0) is 28.5. The van der Waals surface area contributed by atoms with Crippen LogP contribution in [0.2, 0.25) is 0 Å². The van der Waals surface area contributed by atoms with Crippen molar-refractivity contribution in [3.8, 4) is 17.3 Å². The van der Waals surface area contributed by atoms with Crippen LogP contribution >= 0.6 is 0 Å². The number of nitro benzene ring substituents is 1. The van der Waals surface area contributed by atoms with Crippen molar-refractivity contribution in [3.05, 3.63) is 68.9 Å². The van der Waals surface area contributed by atoms with Crippen LogP contribution in [0.5, 0.6) is 11.6 Å². The summed E-state index contributed by atoms with van der Waals surface area (Å²) < 4.78 is 36.2. The highest BCUT2D eigenvalue weighted by Crippen LogP contribution is 2.38. The van der Waals surface area contributed by atoms with Crippen molar-refractivity contribution < 1.29 is 22.9 Å². The van der Waals surface area contributed by atoms with E-state index >= 15 is 0 Å². The average Bonchev–Trinajstić information content (AvgIpc) is 3.55. The van der Waals surface area contributed by atoms with Crippen LogP contribution in [0, 0.1) is 30.9 Å². The fourth-order valence-corrected chi connectivity index (χ4v) is 6.04. The summed E-state index contributed by atoms with van der Waals surface area (Å²) in [4.78, 5) is 23.7. The summed E-state index contributed by atoms with van der Waals surface area (Å²) in [5, 5.41) is 19.0. The summed E-state index contributed by atoms with van der Waals surface area (Å²) in [6, 6.07) is 9.17. The van der Waals surface area contributed by atoms with Crippen molar-refractivity contribution in [2.45, 2.75) is 64.8 Å². The summed E-state index contributed by atoms with van der Waals surface area (Å²) in [6.07, 6.45) is 2.14. The predicted octanol–water partition coefficient (Wildman–Crippen LogP) is 4.81. The van der Waals surface area contributed by atoms with Gasteiger partial charge in [-0.1, -0.05) is 19.1 Å². The Kier molecular flexibility index (Phi) is 8.07. The Balaban J connectivity index is 1.90. The van der Waals surface area contributed by atoms with Crippen LogP contribution < -0.4 is 10.1 Å². The number of aromatic nitrogens is 2. The Bertz CT molecular complexity index is 1530. The van der Waals surface area contributed by atoms with Gasteiger partial charge in [0.25, 0.3) is 11.6 Å². The summed E-state index contributed by atoms with van der Waals surface area (Å²) >= 11 is 0. The van der Waals surface area contributed by atoms with Gasteiger partial charge in [-0.15, -0.1) is 0 Å². The number of nitro groups is 1. The molecule has 11 nitrogen and oxygen atoms in total. The first-order valence-corrected chi connectivity index (χ1v) is 14.3. The van der Waals surface area contributed by atoms with E-state index < -0.39 is 14.9 Å². The normalized spacial score (nSPS) is 14.8. The largest absolute Gasteiger partial charge is 0.437 e. The second kappa shape index (κ2) is 11.1. The fourth-order valence-electron chi connectivity index (χ4n) is 4.39. The van der Waals surface area contributed by atoms with Gasteiger partial charge >= 0.3 is 0 Å². The predicted molar refractivity (Wildman–Crippen MR) is 146 cm³/mol. The Morgan fingerprint density at radius 3 is 2.49 bits per heavy atom. The molecule has 3 aromatic rings. The molecule has 1 aromatic heterocycles. The monoisotopic (exact) mass is 555 g/mol. The number of hydrogen-bond acceptors (Lipinski definition) is 7. The van der Waals surface area contributed by atoms with Crippen molar-refractivity contribution in [2.24, 2.45) is 0 Å². The van der Waals surface area contributed by atoms with Crippen LogP contribution in [0.1, 0.15) is 60.3 Å². The molecule has 1 N–H and O–H groups in total. The summed E-state index contributed by atoms with van der Waals surface area (Å²) in [6.45, 7) is 9.98. The topological polar surface area (TPSA) is 137 Å². The third-order valence-corrected chi connectivity index (χ3v) is 8.81. The number of carbonyl (C=O) groups excluding carboxylic acids is 1. The van der Waals surface area contributed by atoms with Gasteiger partial charge in [0.15, 0.2) is 5.69 Å². The van der Waals surface area contributed by atoms with Crippen LogP contribution in [0.4, 0.5) is 5.69 Å². The maximum atomic E-state index is 13.6. The third-order valence-electron chi connectivity index (χ3n) is 6.89. The molecular formula is C27H33N5O6S. The molecule has 1 saturated heterocycles. The number of aryl methyl sites for hydroxylation is 2. The number of non-ortho nitro benzene ring substituents is 1. The van der Waals surface area contributed by atoms with E-state index in [1.807, 2.05) is 45.9 Å². The molecule has 208 valence electrons. The highest BCUT2D eigenvalue weighted by Gasteiger charge is 2.33. The van der Waals surface area contributed by atoms with Crippen molar-refractivity contribution in [2.75, 3.05) is 13.1 Å². The van der Waals surface area contributed by atoms with Crippen LogP contribution in [0.15, 0.2) is 41.3 Å². The smallest absolute Gasteiger partial charge is 0.272 e. The molecule has 0 radical (unpaired) electrons.